The average molecular weight is 342 g/mol. The molecule has 2 aliphatic heterocycles. The van der Waals surface area contributed by atoms with Crippen molar-refractivity contribution in [2.24, 2.45) is 5.92 Å². The van der Waals surface area contributed by atoms with Crippen molar-refractivity contribution in [1.82, 2.24) is 14.7 Å². The molecule has 0 unspecified atom stereocenters. The fraction of sp³-hybridized carbons (Fsp3) is 0.474. The third kappa shape index (κ3) is 2.90. The molecule has 25 heavy (non-hydrogen) atoms. The van der Waals surface area contributed by atoms with Crippen molar-refractivity contribution < 1.29 is 9.18 Å². The van der Waals surface area contributed by atoms with Crippen LogP contribution in [-0.2, 0) is 6.54 Å². The van der Waals surface area contributed by atoms with Crippen LogP contribution in [0, 0.1) is 18.7 Å². The molecule has 6 heteroatoms. The minimum Gasteiger partial charge on any atom is -0.361 e. The lowest BCUT2D eigenvalue weighted by Gasteiger charge is -2.30. The summed E-state index contributed by atoms with van der Waals surface area (Å²) in [5.41, 5.74) is 2.28. The van der Waals surface area contributed by atoms with Gasteiger partial charge in [0.1, 0.15) is 17.2 Å². The Balaban J connectivity index is 1.58. The number of piperidine rings is 1. The number of amides is 1. The number of nitrogens with zero attached hydrogens (tertiary/aromatic N) is 3. The zero-order chi connectivity index (χ0) is 17.6. The second-order valence-corrected chi connectivity index (χ2v) is 7.22. The molecule has 1 aromatic heterocycles. The van der Waals surface area contributed by atoms with Crippen molar-refractivity contribution >= 4 is 11.7 Å². The fourth-order valence-corrected chi connectivity index (χ4v) is 3.78. The zero-order valence-corrected chi connectivity index (χ0v) is 14.6. The molecule has 0 bridgehead atoms. The molecule has 1 N–H and O–H groups in total. The van der Waals surface area contributed by atoms with Crippen LogP contribution in [0.4, 0.5) is 10.2 Å². The first-order valence-electron chi connectivity index (χ1n) is 8.91. The minimum atomic E-state index is -0.251. The maximum Gasteiger partial charge on any atom is 0.259 e. The predicted octanol–water partition coefficient (Wildman–Crippen LogP) is 3.37. The molecule has 3 heterocycles. The van der Waals surface area contributed by atoms with Crippen molar-refractivity contribution in [3.63, 3.8) is 0 Å². The van der Waals surface area contributed by atoms with E-state index in [2.05, 4.69) is 17.3 Å². The SMILES string of the molecule is Cc1nn2c(c1C(=O)N1CCC(C)CC1)N[C@@H](c1cccc(F)c1)C2. The summed E-state index contributed by atoms with van der Waals surface area (Å²) in [6, 6.07) is 6.51. The standard InChI is InChI=1S/C19H23FN4O/c1-12-6-8-23(9-7-12)19(25)17-13(2)22-24-11-16(21-18(17)24)14-4-3-5-15(20)10-14/h3-5,10,12,16,21H,6-9,11H2,1-2H3/t16-/m1/s1. The molecule has 2 aromatic rings. The summed E-state index contributed by atoms with van der Waals surface area (Å²) in [7, 11) is 0. The number of rotatable bonds is 2. The van der Waals surface area contributed by atoms with Crippen molar-refractivity contribution in [3.05, 3.63) is 46.9 Å². The molecule has 1 saturated heterocycles. The van der Waals surface area contributed by atoms with Crippen molar-refractivity contribution in [2.45, 2.75) is 39.3 Å². The summed E-state index contributed by atoms with van der Waals surface area (Å²) in [6.45, 7) is 6.32. The highest BCUT2D eigenvalue weighted by Gasteiger charge is 2.33. The van der Waals surface area contributed by atoms with E-state index in [4.69, 9.17) is 0 Å². The average Bonchev–Trinajstić information content (AvgIpc) is 3.11. The number of carbonyl (C=O) groups is 1. The number of hydrogen-bond acceptors (Lipinski definition) is 3. The Morgan fingerprint density at radius 2 is 2.08 bits per heavy atom. The molecule has 0 aliphatic carbocycles. The van der Waals surface area contributed by atoms with Gasteiger partial charge in [-0.05, 0) is 43.4 Å². The molecule has 1 atom stereocenters. The number of halogens is 1. The van der Waals surface area contributed by atoms with E-state index >= 15 is 0 Å². The monoisotopic (exact) mass is 342 g/mol. The number of hydrogen-bond donors (Lipinski definition) is 1. The quantitative estimate of drug-likeness (QED) is 0.910. The van der Waals surface area contributed by atoms with Crippen LogP contribution in [0.25, 0.3) is 0 Å². The van der Waals surface area contributed by atoms with Crippen molar-refractivity contribution in [2.75, 3.05) is 18.4 Å². The van der Waals surface area contributed by atoms with Crippen LogP contribution < -0.4 is 5.32 Å². The van der Waals surface area contributed by atoms with Crippen molar-refractivity contribution in [1.29, 1.82) is 0 Å². The van der Waals surface area contributed by atoms with Gasteiger partial charge in [0, 0.05) is 13.1 Å². The van der Waals surface area contributed by atoms with Gasteiger partial charge in [-0.3, -0.25) is 4.79 Å². The number of likely N-dealkylation sites (tertiary alicyclic amines) is 1. The number of anilines is 1. The number of fused-ring (bicyclic) bond motifs is 1. The maximum atomic E-state index is 13.5. The van der Waals surface area contributed by atoms with E-state index in [9.17, 15) is 9.18 Å². The Morgan fingerprint density at radius 3 is 2.80 bits per heavy atom. The molecule has 132 valence electrons. The lowest BCUT2D eigenvalue weighted by molar-refractivity contribution is 0.0697. The highest BCUT2D eigenvalue weighted by molar-refractivity contribution is 6.00. The van der Waals surface area contributed by atoms with Crippen LogP contribution >= 0.6 is 0 Å². The van der Waals surface area contributed by atoms with Gasteiger partial charge in [0.15, 0.2) is 0 Å². The lowest BCUT2D eigenvalue weighted by Crippen LogP contribution is -2.38. The van der Waals surface area contributed by atoms with E-state index in [1.165, 1.54) is 12.1 Å². The third-order valence-electron chi connectivity index (χ3n) is 5.33. The molecule has 5 nitrogen and oxygen atoms in total. The first-order valence-corrected chi connectivity index (χ1v) is 8.91. The van der Waals surface area contributed by atoms with Gasteiger partial charge in [-0.15, -0.1) is 0 Å². The smallest absolute Gasteiger partial charge is 0.259 e. The zero-order valence-electron chi connectivity index (χ0n) is 14.6. The van der Waals surface area contributed by atoms with E-state index in [0.29, 0.717) is 18.0 Å². The Bertz CT molecular complexity index is 808. The van der Waals surface area contributed by atoms with Gasteiger partial charge in [0.05, 0.1) is 18.3 Å². The highest BCUT2D eigenvalue weighted by Crippen LogP contribution is 2.34. The van der Waals surface area contributed by atoms with Crippen LogP contribution in [0.1, 0.15) is 47.4 Å². The molecule has 0 saturated carbocycles. The summed E-state index contributed by atoms with van der Waals surface area (Å²) in [5, 5.41) is 7.92. The molecule has 4 rings (SSSR count). The van der Waals surface area contributed by atoms with Gasteiger partial charge in [-0.25, -0.2) is 9.07 Å². The van der Waals surface area contributed by atoms with Crippen LogP contribution in [0.3, 0.4) is 0 Å². The molecule has 0 radical (unpaired) electrons. The third-order valence-corrected chi connectivity index (χ3v) is 5.33. The Labute approximate surface area is 146 Å². The first kappa shape index (κ1) is 16.1. The van der Waals surface area contributed by atoms with Gasteiger partial charge in [0.25, 0.3) is 5.91 Å². The topological polar surface area (TPSA) is 50.2 Å². The van der Waals surface area contributed by atoms with E-state index in [1.54, 1.807) is 6.07 Å². The lowest BCUT2D eigenvalue weighted by atomic mass is 9.98. The van der Waals surface area contributed by atoms with Crippen molar-refractivity contribution in [3.8, 4) is 0 Å². The highest BCUT2D eigenvalue weighted by atomic mass is 19.1. The minimum absolute atomic E-state index is 0.0537. The second kappa shape index (κ2) is 6.17. The van der Waals surface area contributed by atoms with Gasteiger partial charge in [-0.1, -0.05) is 19.1 Å². The molecule has 1 fully saturated rings. The van der Waals surface area contributed by atoms with Crippen LogP contribution in [0.2, 0.25) is 0 Å². The Kier molecular flexibility index (Phi) is 3.98. The van der Waals surface area contributed by atoms with E-state index in [0.717, 1.165) is 43.0 Å². The van der Waals surface area contributed by atoms with Gasteiger partial charge >= 0.3 is 0 Å². The molecule has 1 aromatic carbocycles. The molecule has 1 amide bonds. The normalized spacial score (nSPS) is 20.4. The number of aryl methyl sites for hydroxylation is 1. The fourth-order valence-electron chi connectivity index (χ4n) is 3.78. The maximum absolute atomic E-state index is 13.5. The summed E-state index contributed by atoms with van der Waals surface area (Å²) >= 11 is 0. The van der Waals surface area contributed by atoms with Gasteiger partial charge in [0.2, 0.25) is 0 Å². The second-order valence-electron chi connectivity index (χ2n) is 7.22. The Hall–Kier alpha value is -2.37. The summed E-state index contributed by atoms with van der Waals surface area (Å²) in [5.74, 6) is 1.24. The number of aromatic nitrogens is 2. The number of carbonyl (C=O) groups excluding carboxylic acids is 1. The molecule has 2 aliphatic rings. The van der Waals surface area contributed by atoms with Crippen LogP contribution in [0.15, 0.2) is 24.3 Å². The molecular formula is C19H23FN4O. The Morgan fingerprint density at radius 1 is 1.32 bits per heavy atom. The summed E-state index contributed by atoms with van der Waals surface area (Å²) in [4.78, 5) is 15.0. The van der Waals surface area contributed by atoms with E-state index in [-0.39, 0.29) is 17.8 Å². The number of nitrogens with one attached hydrogen (secondary N) is 1. The van der Waals surface area contributed by atoms with E-state index in [1.807, 2.05) is 22.6 Å². The summed E-state index contributed by atoms with van der Waals surface area (Å²) in [6.07, 6.45) is 2.10. The molecule has 0 spiro atoms. The predicted molar refractivity (Wildman–Crippen MR) is 94.0 cm³/mol. The first-order chi connectivity index (χ1) is 12.0. The van der Waals surface area contributed by atoms with Gasteiger partial charge in [-0.2, -0.15) is 5.10 Å². The van der Waals surface area contributed by atoms with Crippen LogP contribution in [0.5, 0.6) is 0 Å². The summed E-state index contributed by atoms with van der Waals surface area (Å²) < 4.78 is 15.3. The van der Waals surface area contributed by atoms with Gasteiger partial charge < -0.3 is 10.2 Å². The number of benzene rings is 1. The van der Waals surface area contributed by atoms with E-state index < -0.39 is 0 Å². The van der Waals surface area contributed by atoms with Crippen LogP contribution in [-0.4, -0.2) is 33.7 Å². The largest absolute Gasteiger partial charge is 0.361 e. The molecular weight excluding hydrogens is 319 g/mol.